The zero-order chi connectivity index (χ0) is 18.6. The van der Waals surface area contributed by atoms with E-state index >= 15 is 0 Å². The van der Waals surface area contributed by atoms with Gasteiger partial charge in [0.15, 0.2) is 15.5 Å². The van der Waals surface area contributed by atoms with Gasteiger partial charge in [-0.15, -0.1) is 0 Å². The molecule has 0 unspecified atom stereocenters. The average molecular weight is 506 g/mol. The molecule has 0 radical (unpaired) electrons. The molecule has 2 aromatic rings. The molecule has 0 saturated carbocycles. The molecule has 25 heavy (non-hydrogen) atoms. The van der Waals surface area contributed by atoms with Crippen LogP contribution in [0.1, 0.15) is 10.6 Å². The molecule has 1 aromatic carbocycles. The number of carbonyl (C=O) groups is 1. The molecule has 1 atom stereocenters. The fourth-order valence-corrected chi connectivity index (χ4v) is 2.67. The molecular formula is C14H10BrCl4N3O2S. The molecule has 2 rings (SSSR count). The number of alkyl halides is 3. The Morgan fingerprint density at radius 1 is 1.12 bits per heavy atom. The van der Waals surface area contributed by atoms with Gasteiger partial charge in [0, 0.05) is 10.7 Å². The standard InChI is InChI=1S/C14H10BrCl4N3O2S/c15-10-6-5-9(24-10)11(23)21-12(14(17,18)19)22-13(25)20-8-3-1-7(16)2-4-8/h1-6,12H,(H,21,23)(H2,20,22,25)/t12-/m1/s1. The highest BCUT2D eigenvalue weighted by molar-refractivity contribution is 9.10. The Morgan fingerprint density at radius 2 is 1.76 bits per heavy atom. The fraction of sp³-hybridized carbons (Fsp3) is 0.143. The first-order chi connectivity index (χ1) is 11.6. The lowest BCUT2D eigenvalue weighted by atomic mass is 10.3. The average Bonchev–Trinajstić information content (AvgIpc) is 2.94. The smallest absolute Gasteiger partial charge is 0.288 e. The van der Waals surface area contributed by atoms with Gasteiger partial charge >= 0.3 is 0 Å². The number of hydrogen-bond acceptors (Lipinski definition) is 3. The minimum atomic E-state index is -1.87. The van der Waals surface area contributed by atoms with E-state index in [1.807, 2.05) is 0 Å². The summed E-state index contributed by atoms with van der Waals surface area (Å²) in [6.45, 7) is 0. The normalized spacial score (nSPS) is 12.4. The number of nitrogens with one attached hydrogen (secondary N) is 3. The lowest BCUT2D eigenvalue weighted by Gasteiger charge is -2.27. The molecule has 0 aliphatic rings. The van der Waals surface area contributed by atoms with Crippen molar-refractivity contribution in [2.24, 2.45) is 0 Å². The molecule has 0 bridgehead atoms. The van der Waals surface area contributed by atoms with Crippen molar-refractivity contribution in [3.05, 3.63) is 51.9 Å². The second-order valence-corrected chi connectivity index (χ2v) is 8.65. The minimum Gasteiger partial charge on any atom is -0.444 e. The Kier molecular flexibility index (Phi) is 7.25. The Labute approximate surface area is 177 Å². The Bertz CT molecular complexity index is 764. The lowest BCUT2D eigenvalue weighted by molar-refractivity contribution is 0.0905. The third-order valence-electron chi connectivity index (χ3n) is 2.78. The van der Waals surface area contributed by atoms with Crippen molar-refractivity contribution < 1.29 is 9.21 Å². The number of amides is 1. The second kappa shape index (κ2) is 8.79. The van der Waals surface area contributed by atoms with Crippen molar-refractivity contribution in [3.8, 4) is 0 Å². The molecule has 134 valence electrons. The first-order valence-electron chi connectivity index (χ1n) is 6.61. The largest absolute Gasteiger partial charge is 0.444 e. The van der Waals surface area contributed by atoms with Gasteiger partial charge in [0.2, 0.25) is 3.79 Å². The predicted octanol–water partition coefficient (Wildman–Crippen LogP) is 5.11. The van der Waals surface area contributed by atoms with E-state index in [1.165, 1.54) is 6.07 Å². The van der Waals surface area contributed by atoms with E-state index in [4.69, 9.17) is 63.0 Å². The van der Waals surface area contributed by atoms with Gasteiger partial charge < -0.3 is 20.4 Å². The SMILES string of the molecule is O=C(N[C@H](NC(=S)Nc1ccc(Cl)cc1)C(Cl)(Cl)Cl)c1ccc(Br)o1. The van der Waals surface area contributed by atoms with Crippen LogP contribution in [-0.4, -0.2) is 21.0 Å². The number of benzene rings is 1. The second-order valence-electron chi connectivity index (χ2n) is 4.66. The molecule has 5 nitrogen and oxygen atoms in total. The molecule has 1 amide bonds. The van der Waals surface area contributed by atoms with Gasteiger partial charge in [0.25, 0.3) is 5.91 Å². The summed E-state index contributed by atoms with van der Waals surface area (Å²) in [4.78, 5) is 12.2. The van der Waals surface area contributed by atoms with Crippen LogP contribution in [0.2, 0.25) is 5.02 Å². The molecule has 1 heterocycles. The molecule has 11 heteroatoms. The van der Waals surface area contributed by atoms with Gasteiger partial charge in [-0.3, -0.25) is 4.79 Å². The summed E-state index contributed by atoms with van der Waals surface area (Å²) in [5.41, 5.74) is 0.672. The fourth-order valence-electron chi connectivity index (χ4n) is 1.67. The van der Waals surface area contributed by atoms with E-state index in [9.17, 15) is 4.79 Å². The molecule has 0 aliphatic carbocycles. The molecule has 0 spiro atoms. The van der Waals surface area contributed by atoms with Crippen molar-refractivity contribution in [2.75, 3.05) is 5.32 Å². The van der Waals surface area contributed by atoms with Crippen LogP contribution in [0.3, 0.4) is 0 Å². The van der Waals surface area contributed by atoms with Crippen LogP contribution in [0.15, 0.2) is 45.5 Å². The predicted molar refractivity (Wildman–Crippen MR) is 109 cm³/mol. The van der Waals surface area contributed by atoms with E-state index in [0.717, 1.165) is 0 Å². The number of halogens is 5. The quantitative estimate of drug-likeness (QED) is 0.306. The van der Waals surface area contributed by atoms with Crippen LogP contribution < -0.4 is 16.0 Å². The summed E-state index contributed by atoms with van der Waals surface area (Å²) < 4.78 is 3.69. The maximum Gasteiger partial charge on any atom is 0.288 e. The maximum absolute atomic E-state index is 12.2. The highest BCUT2D eigenvalue weighted by atomic mass is 79.9. The Morgan fingerprint density at radius 3 is 2.28 bits per heavy atom. The summed E-state index contributed by atoms with van der Waals surface area (Å²) in [7, 11) is 0. The van der Waals surface area contributed by atoms with E-state index in [2.05, 4.69) is 31.9 Å². The summed E-state index contributed by atoms with van der Waals surface area (Å²) >= 11 is 31.8. The molecule has 0 aliphatic heterocycles. The van der Waals surface area contributed by atoms with Crippen molar-refractivity contribution in [1.29, 1.82) is 0 Å². The number of hydrogen-bond donors (Lipinski definition) is 3. The molecule has 3 N–H and O–H groups in total. The highest BCUT2D eigenvalue weighted by Crippen LogP contribution is 2.29. The molecular weight excluding hydrogens is 496 g/mol. The summed E-state index contributed by atoms with van der Waals surface area (Å²) in [6, 6.07) is 9.86. The number of carbonyl (C=O) groups excluding carboxylic acids is 1. The van der Waals surface area contributed by atoms with Crippen LogP contribution in [0, 0.1) is 0 Å². The number of rotatable bonds is 4. The first kappa shape index (κ1) is 20.6. The lowest BCUT2D eigenvalue weighted by Crippen LogP contribution is -2.56. The summed E-state index contributed by atoms with van der Waals surface area (Å²) in [5, 5.41) is 8.85. The number of anilines is 1. The number of furan rings is 1. The van der Waals surface area contributed by atoms with Crippen LogP contribution >= 0.6 is 74.6 Å². The molecule has 0 fully saturated rings. The van der Waals surface area contributed by atoms with Crippen LogP contribution in [-0.2, 0) is 0 Å². The Balaban J connectivity index is 2.03. The van der Waals surface area contributed by atoms with Crippen LogP contribution in [0.4, 0.5) is 5.69 Å². The van der Waals surface area contributed by atoms with Crippen LogP contribution in [0.25, 0.3) is 0 Å². The summed E-state index contributed by atoms with van der Waals surface area (Å²) in [5.74, 6) is -0.534. The molecule has 1 aromatic heterocycles. The van der Waals surface area contributed by atoms with Gasteiger partial charge in [0.1, 0.15) is 6.17 Å². The monoisotopic (exact) mass is 503 g/mol. The van der Waals surface area contributed by atoms with E-state index < -0.39 is 15.9 Å². The third-order valence-corrected chi connectivity index (χ3v) is 4.33. The summed E-state index contributed by atoms with van der Waals surface area (Å²) in [6.07, 6.45) is -1.11. The maximum atomic E-state index is 12.2. The van der Waals surface area contributed by atoms with Crippen molar-refractivity contribution in [2.45, 2.75) is 9.96 Å². The molecule has 0 saturated heterocycles. The van der Waals surface area contributed by atoms with Crippen molar-refractivity contribution in [1.82, 2.24) is 10.6 Å². The topological polar surface area (TPSA) is 66.3 Å². The highest BCUT2D eigenvalue weighted by Gasteiger charge is 2.35. The van der Waals surface area contributed by atoms with E-state index in [-0.39, 0.29) is 10.9 Å². The zero-order valence-corrected chi connectivity index (χ0v) is 17.6. The van der Waals surface area contributed by atoms with Gasteiger partial charge in [0.05, 0.1) is 0 Å². The van der Waals surface area contributed by atoms with E-state index in [0.29, 0.717) is 15.4 Å². The first-order valence-corrected chi connectivity index (χ1v) is 9.32. The van der Waals surface area contributed by atoms with Crippen molar-refractivity contribution >= 4 is 91.3 Å². The van der Waals surface area contributed by atoms with Gasteiger partial charge in [-0.25, -0.2) is 0 Å². The third kappa shape index (κ3) is 6.51. The minimum absolute atomic E-state index is 0.0458. The van der Waals surface area contributed by atoms with Gasteiger partial charge in [-0.05, 0) is 64.5 Å². The van der Waals surface area contributed by atoms with Gasteiger partial charge in [-0.2, -0.15) is 0 Å². The van der Waals surface area contributed by atoms with E-state index in [1.54, 1.807) is 30.3 Å². The van der Waals surface area contributed by atoms with Crippen LogP contribution in [0.5, 0.6) is 0 Å². The number of thiocarbonyl (C=S) groups is 1. The van der Waals surface area contributed by atoms with Gasteiger partial charge in [-0.1, -0.05) is 46.4 Å². The Hall–Kier alpha value is -0.700. The van der Waals surface area contributed by atoms with Crippen molar-refractivity contribution in [3.63, 3.8) is 0 Å². The zero-order valence-electron chi connectivity index (χ0n) is 12.2.